The van der Waals surface area contributed by atoms with Crippen LogP contribution in [0.2, 0.25) is 0 Å². The molecule has 5 rings (SSSR count). The van der Waals surface area contributed by atoms with E-state index in [1.807, 2.05) is 66.7 Å². The Morgan fingerprint density at radius 1 is 1.00 bits per heavy atom. The van der Waals surface area contributed by atoms with Gasteiger partial charge in [0.15, 0.2) is 0 Å². The van der Waals surface area contributed by atoms with Crippen molar-refractivity contribution in [3.8, 4) is 11.8 Å². The number of benzene rings is 3. The van der Waals surface area contributed by atoms with Crippen molar-refractivity contribution < 1.29 is 4.74 Å². The zero-order chi connectivity index (χ0) is 20.1. The number of para-hydroxylation sites is 1. The van der Waals surface area contributed by atoms with Crippen LogP contribution >= 0.6 is 0 Å². The van der Waals surface area contributed by atoms with Crippen LogP contribution in [0.5, 0.6) is 5.75 Å². The molecule has 0 aliphatic carbocycles. The summed E-state index contributed by atoms with van der Waals surface area (Å²) in [5, 5.41) is 12.7. The highest BCUT2D eigenvalue weighted by atomic mass is 16.5. The van der Waals surface area contributed by atoms with Gasteiger partial charge in [-0.05, 0) is 28.5 Å². The number of rotatable bonds is 1. The van der Waals surface area contributed by atoms with Crippen LogP contribution in [0.3, 0.4) is 0 Å². The number of hydrogen-bond donors (Lipinski definition) is 1. The SMILES string of the molecule is Cn1c(=O)c2c(c3ccccc31)OC(N)=C(C#N)[C@H]2c1cccc2ccccc12. The molecule has 1 aliphatic rings. The average Bonchev–Trinajstić information content (AvgIpc) is 2.76. The molecule has 0 unspecified atom stereocenters. The molecule has 5 heteroatoms. The lowest BCUT2D eigenvalue weighted by Crippen LogP contribution is -2.31. The molecule has 0 radical (unpaired) electrons. The highest BCUT2D eigenvalue weighted by molar-refractivity contribution is 5.91. The maximum absolute atomic E-state index is 13.4. The van der Waals surface area contributed by atoms with Gasteiger partial charge in [-0.15, -0.1) is 0 Å². The second-order valence-corrected chi connectivity index (χ2v) is 7.12. The molecule has 140 valence electrons. The molecule has 5 nitrogen and oxygen atoms in total. The third-order valence-corrected chi connectivity index (χ3v) is 5.60. The van der Waals surface area contributed by atoms with Gasteiger partial charge in [0.05, 0.1) is 17.0 Å². The van der Waals surface area contributed by atoms with Gasteiger partial charge in [-0.2, -0.15) is 5.26 Å². The minimum atomic E-state index is -0.599. The summed E-state index contributed by atoms with van der Waals surface area (Å²) in [4.78, 5) is 13.4. The number of allylic oxidation sites excluding steroid dienone is 1. The molecule has 1 aromatic heterocycles. The van der Waals surface area contributed by atoms with E-state index in [4.69, 9.17) is 10.5 Å². The first-order chi connectivity index (χ1) is 14.1. The molecule has 0 amide bonds. The van der Waals surface area contributed by atoms with Crippen LogP contribution in [0.25, 0.3) is 21.7 Å². The molecule has 3 aromatic carbocycles. The van der Waals surface area contributed by atoms with Gasteiger partial charge in [0.25, 0.3) is 5.56 Å². The Labute approximate surface area is 166 Å². The lowest BCUT2D eigenvalue weighted by Gasteiger charge is -2.28. The number of pyridine rings is 1. The largest absolute Gasteiger partial charge is 0.439 e. The number of nitrogens with zero attached hydrogens (tertiary/aromatic N) is 2. The molecular formula is C24H17N3O2. The number of hydrogen-bond acceptors (Lipinski definition) is 4. The van der Waals surface area contributed by atoms with E-state index in [9.17, 15) is 10.1 Å². The number of nitriles is 1. The maximum atomic E-state index is 13.4. The molecule has 0 bridgehead atoms. The van der Waals surface area contributed by atoms with Crippen LogP contribution in [0, 0.1) is 11.3 Å². The molecule has 29 heavy (non-hydrogen) atoms. The summed E-state index contributed by atoms with van der Waals surface area (Å²) >= 11 is 0. The summed E-state index contributed by atoms with van der Waals surface area (Å²) in [6.07, 6.45) is 0. The van der Waals surface area contributed by atoms with Gasteiger partial charge in [0, 0.05) is 12.4 Å². The van der Waals surface area contributed by atoms with Gasteiger partial charge in [0.2, 0.25) is 5.88 Å². The van der Waals surface area contributed by atoms with Gasteiger partial charge >= 0.3 is 0 Å². The van der Waals surface area contributed by atoms with Crippen molar-refractivity contribution in [2.75, 3.05) is 0 Å². The first-order valence-corrected chi connectivity index (χ1v) is 9.28. The van der Waals surface area contributed by atoms with Crippen LogP contribution in [0.4, 0.5) is 0 Å². The molecule has 1 aliphatic heterocycles. The Morgan fingerprint density at radius 3 is 2.48 bits per heavy atom. The Hall–Kier alpha value is -4.04. The predicted molar refractivity (Wildman–Crippen MR) is 112 cm³/mol. The number of nitrogens with two attached hydrogens (primary N) is 1. The van der Waals surface area contributed by atoms with Crippen LogP contribution in [0.1, 0.15) is 17.0 Å². The molecular weight excluding hydrogens is 362 g/mol. The molecule has 2 heterocycles. The first kappa shape index (κ1) is 17.1. The predicted octanol–water partition coefficient (Wildman–Crippen LogP) is 3.91. The zero-order valence-electron chi connectivity index (χ0n) is 15.7. The number of aromatic nitrogens is 1. The van der Waals surface area contributed by atoms with E-state index in [-0.39, 0.29) is 17.0 Å². The molecule has 1 atom stereocenters. The van der Waals surface area contributed by atoms with Gasteiger partial charge in [-0.25, -0.2) is 0 Å². The molecule has 0 saturated heterocycles. The minimum Gasteiger partial charge on any atom is -0.439 e. The fraction of sp³-hybridized carbons (Fsp3) is 0.0833. The number of fused-ring (bicyclic) bond motifs is 4. The molecule has 4 aromatic rings. The fourth-order valence-corrected chi connectivity index (χ4v) is 4.24. The van der Waals surface area contributed by atoms with Gasteiger partial charge < -0.3 is 15.0 Å². The zero-order valence-corrected chi connectivity index (χ0v) is 15.7. The summed E-state index contributed by atoms with van der Waals surface area (Å²) in [6.45, 7) is 0. The summed E-state index contributed by atoms with van der Waals surface area (Å²) in [6, 6.07) is 23.5. The van der Waals surface area contributed by atoms with Crippen molar-refractivity contribution in [1.29, 1.82) is 5.26 Å². The van der Waals surface area contributed by atoms with E-state index >= 15 is 0 Å². The third-order valence-electron chi connectivity index (χ3n) is 5.60. The van der Waals surface area contributed by atoms with E-state index in [1.54, 1.807) is 11.6 Å². The number of aryl methyl sites for hydroxylation is 1. The molecule has 0 spiro atoms. The maximum Gasteiger partial charge on any atom is 0.258 e. The standard InChI is InChI=1S/C24H17N3O2/c1-27-19-12-5-4-10-17(19)22-21(24(27)28)20(18(13-25)23(26)29-22)16-11-6-8-14-7-2-3-9-15(14)16/h2-12,20H,26H2,1H3/t20-/m1/s1. The quantitative estimate of drug-likeness (QED) is 0.544. The average molecular weight is 379 g/mol. The Bertz CT molecular complexity index is 1440. The highest BCUT2D eigenvalue weighted by Crippen LogP contribution is 2.44. The minimum absolute atomic E-state index is 0.0383. The Kier molecular flexibility index (Phi) is 3.68. The van der Waals surface area contributed by atoms with Crippen molar-refractivity contribution in [3.63, 3.8) is 0 Å². The highest BCUT2D eigenvalue weighted by Gasteiger charge is 2.35. The van der Waals surface area contributed by atoms with Crippen molar-refractivity contribution in [1.82, 2.24) is 4.57 Å². The monoisotopic (exact) mass is 379 g/mol. The summed E-state index contributed by atoms with van der Waals surface area (Å²) in [5.74, 6) is -0.132. The van der Waals surface area contributed by atoms with E-state index in [0.717, 1.165) is 27.2 Å². The second kappa shape index (κ2) is 6.25. The van der Waals surface area contributed by atoms with Crippen LogP contribution in [-0.2, 0) is 7.05 Å². The van der Waals surface area contributed by atoms with Crippen LogP contribution in [0.15, 0.2) is 83.0 Å². The van der Waals surface area contributed by atoms with Crippen molar-refractivity contribution >= 4 is 21.7 Å². The normalized spacial score (nSPS) is 15.8. The van der Waals surface area contributed by atoms with Gasteiger partial charge in [-0.1, -0.05) is 54.6 Å². The van der Waals surface area contributed by atoms with E-state index in [0.29, 0.717) is 11.3 Å². The third kappa shape index (κ3) is 2.36. The van der Waals surface area contributed by atoms with E-state index < -0.39 is 5.92 Å². The lowest BCUT2D eigenvalue weighted by atomic mass is 9.81. The number of ether oxygens (including phenoxy) is 1. The first-order valence-electron chi connectivity index (χ1n) is 9.28. The van der Waals surface area contributed by atoms with Crippen molar-refractivity contribution in [3.05, 3.63) is 99.7 Å². The Balaban J connectivity index is 1.95. The van der Waals surface area contributed by atoms with E-state index in [1.165, 1.54) is 0 Å². The van der Waals surface area contributed by atoms with Gasteiger partial charge in [0.1, 0.15) is 17.4 Å². The molecule has 2 N–H and O–H groups in total. The van der Waals surface area contributed by atoms with Crippen LogP contribution < -0.4 is 16.0 Å². The molecule has 0 saturated carbocycles. The smallest absolute Gasteiger partial charge is 0.258 e. The summed E-state index contributed by atoms with van der Waals surface area (Å²) < 4.78 is 7.47. The fourth-order valence-electron chi connectivity index (χ4n) is 4.24. The van der Waals surface area contributed by atoms with Gasteiger partial charge in [-0.3, -0.25) is 4.79 Å². The second-order valence-electron chi connectivity index (χ2n) is 7.12. The van der Waals surface area contributed by atoms with Crippen LogP contribution in [-0.4, -0.2) is 4.57 Å². The van der Waals surface area contributed by atoms with Crippen molar-refractivity contribution in [2.24, 2.45) is 12.8 Å². The van der Waals surface area contributed by atoms with Crippen molar-refractivity contribution in [2.45, 2.75) is 5.92 Å². The lowest BCUT2D eigenvalue weighted by molar-refractivity contribution is 0.396. The Morgan fingerprint density at radius 2 is 1.69 bits per heavy atom. The summed E-state index contributed by atoms with van der Waals surface area (Å²) in [7, 11) is 1.73. The topological polar surface area (TPSA) is 81.0 Å². The summed E-state index contributed by atoms with van der Waals surface area (Å²) in [5.41, 5.74) is 8.29. The van der Waals surface area contributed by atoms with E-state index in [2.05, 4.69) is 6.07 Å². The molecule has 0 fully saturated rings.